The lowest BCUT2D eigenvalue weighted by Gasteiger charge is -2.59. The predicted octanol–water partition coefficient (Wildman–Crippen LogP) is 5.93. The Bertz CT molecular complexity index is 726. The van der Waals surface area contributed by atoms with Crippen LogP contribution in [0.2, 0.25) is 0 Å². The maximum absolute atomic E-state index is 13.8. The van der Waals surface area contributed by atoms with Gasteiger partial charge in [-0.15, -0.1) is 0 Å². The number of carbonyl (C=O) groups excluding carboxylic acids is 1. The van der Waals surface area contributed by atoms with E-state index in [-0.39, 0.29) is 28.4 Å². The molecule has 2 fully saturated rings. The van der Waals surface area contributed by atoms with Crippen LogP contribution in [0.5, 0.6) is 11.5 Å². The van der Waals surface area contributed by atoms with Gasteiger partial charge in [0.25, 0.3) is 0 Å². The van der Waals surface area contributed by atoms with Crippen LogP contribution in [0.1, 0.15) is 63.7 Å². The summed E-state index contributed by atoms with van der Waals surface area (Å²) < 4.78 is 10.8. The zero-order valence-electron chi connectivity index (χ0n) is 17.7. The molecule has 3 nitrogen and oxygen atoms in total. The monoisotopic (exact) mass is 370 g/mol. The molecule has 1 aromatic carbocycles. The quantitative estimate of drug-likeness (QED) is 0.486. The second-order valence-corrected chi connectivity index (χ2v) is 9.49. The van der Waals surface area contributed by atoms with Crippen LogP contribution in [0.25, 0.3) is 0 Å². The fourth-order valence-corrected chi connectivity index (χ4v) is 5.96. The topological polar surface area (TPSA) is 35.5 Å². The number of ketones is 1. The molecule has 4 unspecified atom stereocenters. The van der Waals surface area contributed by atoms with Gasteiger partial charge in [0.15, 0.2) is 5.78 Å². The number of hydrogen-bond acceptors (Lipinski definition) is 3. The second kappa shape index (κ2) is 7.00. The highest BCUT2D eigenvalue weighted by molar-refractivity contribution is 5.99. The number of benzene rings is 1. The fourth-order valence-electron chi connectivity index (χ4n) is 5.96. The first-order valence-corrected chi connectivity index (χ1v) is 10.1. The van der Waals surface area contributed by atoms with Crippen molar-refractivity contribution in [3.63, 3.8) is 0 Å². The minimum absolute atomic E-state index is 0.00421. The van der Waals surface area contributed by atoms with E-state index in [9.17, 15) is 4.79 Å². The fraction of sp³-hybridized carbons (Fsp3) is 0.625. The maximum atomic E-state index is 13.8. The van der Waals surface area contributed by atoms with Crippen molar-refractivity contribution in [3.8, 4) is 11.5 Å². The van der Waals surface area contributed by atoms with Crippen molar-refractivity contribution in [2.24, 2.45) is 28.6 Å². The first-order valence-electron chi connectivity index (χ1n) is 10.1. The van der Waals surface area contributed by atoms with Crippen molar-refractivity contribution >= 4 is 5.78 Å². The van der Waals surface area contributed by atoms with Gasteiger partial charge in [-0.3, -0.25) is 4.79 Å². The molecule has 27 heavy (non-hydrogen) atoms. The molecule has 0 N–H and O–H groups in total. The summed E-state index contributed by atoms with van der Waals surface area (Å²) in [4.78, 5) is 13.8. The lowest BCUT2D eigenvalue weighted by molar-refractivity contribution is -0.0613. The van der Waals surface area contributed by atoms with Gasteiger partial charge >= 0.3 is 0 Å². The summed E-state index contributed by atoms with van der Waals surface area (Å²) in [5, 5.41) is 0. The molecule has 148 valence electrons. The molecule has 3 heteroatoms. The standard InChI is InChI=1S/C24H34O3/c1-15-11-20-23(3,4)9-8-10-24(20,5)21(16(15)2)22(25)17-12-18(26-6)14-19(13-17)27-7/h12-14,16,20-21H,1,8-11H2,2-7H3. The highest BCUT2D eigenvalue weighted by Crippen LogP contribution is 2.62. The summed E-state index contributed by atoms with van der Waals surface area (Å²) in [6.45, 7) is 13.6. The van der Waals surface area contributed by atoms with E-state index in [1.807, 2.05) is 18.2 Å². The van der Waals surface area contributed by atoms with Crippen molar-refractivity contribution < 1.29 is 14.3 Å². The Morgan fingerprint density at radius 2 is 1.67 bits per heavy atom. The van der Waals surface area contributed by atoms with E-state index >= 15 is 0 Å². The predicted molar refractivity (Wildman–Crippen MR) is 110 cm³/mol. The molecule has 0 aliphatic heterocycles. The van der Waals surface area contributed by atoms with Crippen molar-refractivity contribution in [2.45, 2.75) is 53.4 Å². The molecule has 2 saturated carbocycles. The number of carbonyl (C=O) groups is 1. The third-order valence-electron chi connectivity index (χ3n) is 7.52. The van der Waals surface area contributed by atoms with Crippen LogP contribution in [0.3, 0.4) is 0 Å². The van der Waals surface area contributed by atoms with Crippen molar-refractivity contribution in [1.29, 1.82) is 0 Å². The van der Waals surface area contributed by atoms with Crippen LogP contribution >= 0.6 is 0 Å². The Hall–Kier alpha value is -1.77. The summed E-state index contributed by atoms with van der Waals surface area (Å²) in [6.07, 6.45) is 4.55. The number of methoxy groups -OCH3 is 2. The second-order valence-electron chi connectivity index (χ2n) is 9.49. The van der Waals surface area contributed by atoms with Crippen molar-refractivity contribution in [2.75, 3.05) is 14.2 Å². The van der Waals surface area contributed by atoms with Crippen LogP contribution in [-0.2, 0) is 0 Å². The minimum Gasteiger partial charge on any atom is -0.497 e. The molecule has 0 radical (unpaired) electrons. The third-order valence-corrected chi connectivity index (χ3v) is 7.52. The van der Waals surface area contributed by atoms with Gasteiger partial charge in [0.2, 0.25) is 0 Å². The van der Waals surface area contributed by atoms with E-state index in [4.69, 9.17) is 9.47 Å². The van der Waals surface area contributed by atoms with Gasteiger partial charge in [0.1, 0.15) is 11.5 Å². The highest BCUT2D eigenvalue weighted by atomic mass is 16.5. The largest absolute Gasteiger partial charge is 0.497 e. The van der Waals surface area contributed by atoms with Gasteiger partial charge in [-0.2, -0.15) is 0 Å². The van der Waals surface area contributed by atoms with Gasteiger partial charge in [-0.05, 0) is 54.1 Å². The molecule has 0 aromatic heterocycles. The normalized spacial score (nSPS) is 32.5. The van der Waals surface area contributed by atoms with E-state index in [2.05, 4.69) is 34.3 Å². The molecule has 2 aliphatic carbocycles. The van der Waals surface area contributed by atoms with Crippen molar-refractivity contribution in [1.82, 2.24) is 0 Å². The lowest BCUT2D eigenvalue weighted by Crippen LogP contribution is -2.54. The molecular formula is C24H34O3. The number of rotatable bonds is 4. The first-order chi connectivity index (χ1) is 12.6. The number of fused-ring (bicyclic) bond motifs is 1. The van der Waals surface area contributed by atoms with E-state index < -0.39 is 0 Å². The van der Waals surface area contributed by atoms with Crippen LogP contribution in [0, 0.1) is 28.6 Å². The van der Waals surface area contributed by atoms with Crippen LogP contribution in [0.15, 0.2) is 30.4 Å². The Morgan fingerprint density at radius 3 is 2.22 bits per heavy atom. The summed E-state index contributed by atoms with van der Waals surface area (Å²) >= 11 is 0. The number of ether oxygens (including phenoxy) is 2. The zero-order valence-corrected chi connectivity index (χ0v) is 17.7. The summed E-state index contributed by atoms with van der Waals surface area (Å²) in [5.74, 6) is 2.14. The first kappa shape index (κ1) is 20.0. The highest BCUT2D eigenvalue weighted by Gasteiger charge is 2.56. The molecule has 0 spiro atoms. The molecule has 0 saturated heterocycles. The molecule has 0 bridgehead atoms. The SMILES string of the molecule is C=C1CC2C(C)(C)CCCC2(C)C(C(=O)c2cc(OC)cc(OC)c2)C1C. The lowest BCUT2D eigenvalue weighted by atomic mass is 9.45. The van der Waals surface area contributed by atoms with E-state index in [1.54, 1.807) is 14.2 Å². The third kappa shape index (κ3) is 3.30. The molecule has 0 amide bonds. The molecule has 2 aliphatic rings. The Morgan fingerprint density at radius 1 is 1.07 bits per heavy atom. The van der Waals surface area contributed by atoms with Gasteiger partial charge in [-0.25, -0.2) is 0 Å². The summed E-state index contributed by atoms with van der Waals surface area (Å²) in [7, 11) is 3.24. The molecule has 3 rings (SSSR count). The van der Waals surface area contributed by atoms with E-state index in [1.165, 1.54) is 18.4 Å². The van der Waals surface area contributed by atoms with E-state index in [0.29, 0.717) is 23.0 Å². The van der Waals surface area contributed by atoms with Gasteiger partial charge in [0, 0.05) is 17.5 Å². The van der Waals surface area contributed by atoms with Gasteiger partial charge in [0.05, 0.1) is 14.2 Å². The Kier molecular flexibility index (Phi) is 5.18. The van der Waals surface area contributed by atoms with Crippen molar-refractivity contribution in [3.05, 3.63) is 35.9 Å². The van der Waals surface area contributed by atoms with E-state index in [0.717, 1.165) is 12.8 Å². The Labute approximate surface area is 164 Å². The maximum Gasteiger partial charge on any atom is 0.167 e. The number of allylic oxidation sites excluding steroid dienone is 1. The van der Waals surface area contributed by atoms with Gasteiger partial charge < -0.3 is 9.47 Å². The molecular weight excluding hydrogens is 336 g/mol. The number of Topliss-reactive ketones (excluding diaryl/α,β-unsaturated/α-hetero) is 1. The molecule has 0 heterocycles. The number of hydrogen-bond donors (Lipinski definition) is 0. The summed E-state index contributed by atoms with van der Waals surface area (Å²) in [5.41, 5.74) is 2.14. The molecule has 4 atom stereocenters. The van der Waals surface area contributed by atoms with Crippen LogP contribution in [-0.4, -0.2) is 20.0 Å². The average Bonchev–Trinajstić information content (AvgIpc) is 2.63. The minimum atomic E-state index is -0.0554. The van der Waals surface area contributed by atoms with Crippen LogP contribution in [0.4, 0.5) is 0 Å². The Balaban J connectivity index is 2.07. The van der Waals surface area contributed by atoms with Gasteiger partial charge in [-0.1, -0.05) is 46.3 Å². The smallest absolute Gasteiger partial charge is 0.167 e. The molecule has 1 aromatic rings. The summed E-state index contributed by atoms with van der Waals surface area (Å²) in [6, 6.07) is 5.51. The average molecular weight is 371 g/mol. The van der Waals surface area contributed by atoms with Crippen LogP contribution < -0.4 is 9.47 Å². The zero-order chi connectivity index (χ0) is 20.0.